The Morgan fingerprint density at radius 2 is 2.20 bits per heavy atom. The molecule has 3 rings (SSSR count). The van der Waals surface area contributed by atoms with Crippen LogP contribution in [-0.2, 0) is 24.3 Å². The van der Waals surface area contributed by atoms with Crippen molar-refractivity contribution in [2.45, 2.75) is 45.7 Å². The molecule has 9 nitrogen and oxygen atoms in total. The summed E-state index contributed by atoms with van der Waals surface area (Å²) in [5.74, 6) is 1.62. The van der Waals surface area contributed by atoms with Gasteiger partial charge in [-0.15, -0.1) is 0 Å². The zero-order valence-electron chi connectivity index (χ0n) is 14.7. The van der Waals surface area contributed by atoms with Gasteiger partial charge in [0, 0.05) is 45.6 Å². The molecule has 0 atom stereocenters. The second kappa shape index (κ2) is 8.70. The highest BCUT2D eigenvalue weighted by atomic mass is 16.5. The lowest BCUT2D eigenvalue weighted by atomic mass is 10.2. The summed E-state index contributed by atoms with van der Waals surface area (Å²) in [6.45, 7) is 6.74. The lowest BCUT2D eigenvalue weighted by Gasteiger charge is -2.21. The molecule has 0 unspecified atom stereocenters. The Hall–Kier alpha value is -2.29. The van der Waals surface area contributed by atoms with Gasteiger partial charge in [-0.05, 0) is 12.8 Å². The van der Waals surface area contributed by atoms with Gasteiger partial charge in [0.2, 0.25) is 11.8 Å². The van der Waals surface area contributed by atoms with Gasteiger partial charge in [-0.3, -0.25) is 14.4 Å². The summed E-state index contributed by atoms with van der Waals surface area (Å²) >= 11 is 0. The Morgan fingerprint density at radius 1 is 1.28 bits per heavy atom. The zero-order chi connectivity index (χ0) is 17.5. The van der Waals surface area contributed by atoms with Crippen molar-refractivity contribution < 1.29 is 9.32 Å². The van der Waals surface area contributed by atoms with E-state index in [1.165, 1.54) is 6.33 Å². The number of aromatic nitrogens is 5. The smallest absolute Gasteiger partial charge is 0.226 e. The molecule has 0 radical (unpaired) electrons. The first kappa shape index (κ1) is 17.5. The van der Waals surface area contributed by atoms with E-state index in [0.29, 0.717) is 18.9 Å². The van der Waals surface area contributed by atoms with Crippen molar-refractivity contribution in [3.8, 4) is 0 Å². The Labute approximate surface area is 147 Å². The third-order valence-electron chi connectivity index (χ3n) is 4.36. The number of aryl methyl sites for hydroxylation is 2. The van der Waals surface area contributed by atoms with Crippen LogP contribution in [0.5, 0.6) is 0 Å². The summed E-state index contributed by atoms with van der Waals surface area (Å²) in [4.78, 5) is 24.9. The van der Waals surface area contributed by atoms with Crippen LogP contribution in [0.3, 0.4) is 0 Å². The molecule has 1 saturated heterocycles. The molecule has 25 heavy (non-hydrogen) atoms. The average molecular weight is 347 g/mol. The molecule has 0 aliphatic carbocycles. The Kier molecular flexibility index (Phi) is 6.10. The summed E-state index contributed by atoms with van der Waals surface area (Å²) in [7, 11) is 0. The molecule has 0 saturated carbocycles. The lowest BCUT2D eigenvalue weighted by Crippen LogP contribution is -2.35. The lowest BCUT2D eigenvalue weighted by molar-refractivity contribution is -0.131. The fourth-order valence-electron chi connectivity index (χ4n) is 2.97. The summed E-state index contributed by atoms with van der Waals surface area (Å²) in [5, 5.41) is 8.06. The van der Waals surface area contributed by atoms with Crippen LogP contribution in [0.1, 0.15) is 37.9 Å². The summed E-state index contributed by atoms with van der Waals surface area (Å²) in [5.41, 5.74) is 0. The van der Waals surface area contributed by atoms with Crippen LogP contribution in [0, 0.1) is 0 Å². The standard InChI is InChI=1S/C16H25N7O2/c1-2-15-19-14(20-25-15)11-21-6-4-7-22(10-9-21)16(24)5-3-8-23-13-17-12-18-23/h12-13H,2-11H2,1H3. The van der Waals surface area contributed by atoms with E-state index in [0.717, 1.165) is 57.8 Å². The highest BCUT2D eigenvalue weighted by Gasteiger charge is 2.20. The molecule has 9 heteroatoms. The number of nitrogens with zero attached hydrogens (tertiary/aromatic N) is 7. The second-order valence-corrected chi connectivity index (χ2v) is 6.23. The van der Waals surface area contributed by atoms with E-state index in [-0.39, 0.29) is 5.91 Å². The van der Waals surface area contributed by atoms with Crippen LogP contribution >= 0.6 is 0 Å². The van der Waals surface area contributed by atoms with Gasteiger partial charge in [0.25, 0.3) is 0 Å². The molecule has 1 amide bonds. The molecule has 2 aromatic heterocycles. The minimum absolute atomic E-state index is 0.217. The molecule has 1 aliphatic rings. The fraction of sp³-hybridized carbons (Fsp3) is 0.688. The quantitative estimate of drug-likeness (QED) is 0.729. The zero-order valence-corrected chi connectivity index (χ0v) is 14.7. The minimum Gasteiger partial charge on any atom is -0.341 e. The summed E-state index contributed by atoms with van der Waals surface area (Å²) in [6, 6.07) is 0. The number of amides is 1. The maximum Gasteiger partial charge on any atom is 0.226 e. The monoisotopic (exact) mass is 347 g/mol. The molecule has 0 spiro atoms. The molecular formula is C16H25N7O2. The molecule has 0 N–H and O–H groups in total. The molecule has 136 valence electrons. The van der Waals surface area contributed by atoms with E-state index in [1.807, 2.05) is 11.8 Å². The number of rotatable bonds is 7. The first-order valence-electron chi connectivity index (χ1n) is 8.88. The summed E-state index contributed by atoms with van der Waals surface area (Å²) in [6.07, 6.45) is 6.24. The Balaban J connectivity index is 1.41. The van der Waals surface area contributed by atoms with Crippen molar-refractivity contribution >= 4 is 5.91 Å². The average Bonchev–Trinajstić information content (AvgIpc) is 3.23. The number of carbonyl (C=O) groups excluding carboxylic acids is 1. The highest BCUT2D eigenvalue weighted by molar-refractivity contribution is 5.76. The Morgan fingerprint density at radius 3 is 2.96 bits per heavy atom. The van der Waals surface area contributed by atoms with E-state index in [1.54, 1.807) is 11.0 Å². The molecule has 1 fully saturated rings. The van der Waals surface area contributed by atoms with Crippen molar-refractivity contribution in [3.05, 3.63) is 24.4 Å². The first-order valence-corrected chi connectivity index (χ1v) is 8.88. The molecule has 2 aromatic rings. The molecule has 3 heterocycles. The van der Waals surface area contributed by atoms with Crippen molar-refractivity contribution in [2.75, 3.05) is 26.2 Å². The summed E-state index contributed by atoms with van der Waals surface area (Å²) < 4.78 is 6.91. The van der Waals surface area contributed by atoms with Crippen LogP contribution in [0.25, 0.3) is 0 Å². The van der Waals surface area contributed by atoms with Gasteiger partial charge in [0.15, 0.2) is 5.82 Å². The molecular weight excluding hydrogens is 322 g/mol. The van der Waals surface area contributed by atoms with E-state index in [2.05, 4.69) is 25.1 Å². The maximum atomic E-state index is 12.4. The third-order valence-corrected chi connectivity index (χ3v) is 4.36. The van der Waals surface area contributed by atoms with E-state index in [9.17, 15) is 4.79 Å². The predicted molar refractivity (Wildman–Crippen MR) is 89.4 cm³/mol. The number of hydrogen-bond donors (Lipinski definition) is 0. The van der Waals surface area contributed by atoms with E-state index in [4.69, 9.17) is 4.52 Å². The van der Waals surface area contributed by atoms with Gasteiger partial charge in [0.1, 0.15) is 12.7 Å². The Bertz CT molecular complexity index is 655. The van der Waals surface area contributed by atoms with Crippen LogP contribution in [0.15, 0.2) is 17.2 Å². The van der Waals surface area contributed by atoms with Crippen molar-refractivity contribution in [3.63, 3.8) is 0 Å². The normalized spacial score (nSPS) is 16.1. The van der Waals surface area contributed by atoms with Crippen LogP contribution < -0.4 is 0 Å². The molecule has 1 aliphatic heterocycles. The van der Waals surface area contributed by atoms with Gasteiger partial charge in [0.05, 0.1) is 6.54 Å². The maximum absolute atomic E-state index is 12.4. The largest absolute Gasteiger partial charge is 0.341 e. The van der Waals surface area contributed by atoms with Gasteiger partial charge < -0.3 is 9.42 Å². The van der Waals surface area contributed by atoms with Gasteiger partial charge >= 0.3 is 0 Å². The van der Waals surface area contributed by atoms with Crippen LogP contribution in [0.2, 0.25) is 0 Å². The fourth-order valence-corrected chi connectivity index (χ4v) is 2.97. The van der Waals surface area contributed by atoms with Crippen molar-refractivity contribution in [2.24, 2.45) is 0 Å². The number of carbonyl (C=O) groups is 1. The van der Waals surface area contributed by atoms with Gasteiger partial charge in [-0.25, -0.2) is 4.98 Å². The van der Waals surface area contributed by atoms with Gasteiger partial charge in [-0.2, -0.15) is 10.1 Å². The SMILES string of the molecule is CCc1nc(CN2CCCN(C(=O)CCCn3cncn3)CC2)no1. The minimum atomic E-state index is 0.217. The van der Waals surface area contributed by atoms with E-state index >= 15 is 0 Å². The topological polar surface area (TPSA) is 93.2 Å². The predicted octanol–water partition coefficient (Wildman–Crippen LogP) is 0.738. The first-order chi connectivity index (χ1) is 12.2. The second-order valence-electron chi connectivity index (χ2n) is 6.23. The highest BCUT2D eigenvalue weighted by Crippen LogP contribution is 2.09. The molecule has 0 aromatic carbocycles. The van der Waals surface area contributed by atoms with Crippen molar-refractivity contribution in [1.29, 1.82) is 0 Å². The third kappa shape index (κ3) is 5.09. The van der Waals surface area contributed by atoms with Crippen LogP contribution in [-0.4, -0.2) is 66.8 Å². The van der Waals surface area contributed by atoms with Gasteiger partial charge in [-0.1, -0.05) is 12.1 Å². The number of hydrogen-bond acceptors (Lipinski definition) is 7. The van der Waals surface area contributed by atoms with Crippen molar-refractivity contribution in [1.82, 2.24) is 34.7 Å². The van der Waals surface area contributed by atoms with Crippen LogP contribution in [0.4, 0.5) is 0 Å². The molecule has 0 bridgehead atoms. The van der Waals surface area contributed by atoms with E-state index < -0.39 is 0 Å².